The van der Waals surface area contributed by atoms with Gasteiger partial charge in [-0.2, -0.15) is 10.4 Å². The van der Waals surface area contributed by atoms with Crippen molar-refractivity contribution in [3.8, 4) is 6.07 Å². The number of aryl methyl sites for hydroxylation is 1. The molecule has 0 atom stereocenters. The molecule has 0 amide bonds. The minimum Gasteiger partial charge on any atom is -0.272 e. The molecule has 0 radical (unpaired) electrons. The van der Waals surface area contributed by atoms with Gasteiger partial charge in [-0.1, -0.05) is 0 Å². The smallest absolute Gasteiger partial charge is 0.236 e. The molecule has 1 fully saturated rings. The van der Waals surface area contributed by atoms with E-state index < -0.39 is 10.0 Å². The highest BCUT2D eigenvalue weighted by Crippen LogP contribution is 2.25. The molecule has 0 unspecified atom stereocenters. The van der Waals surface area contributed by atoms with Crippen LogP contribution in [0.4, 0.5) is 5.82 Å². The summed E-state index contributed by atoms with van der Waals surface area (Å²) >= 11 is 0. The van der Waals surface area contributed by atoms with Gasteiger partial charge in [0, 0.05) is 19.8 Å². The van der Waals surface area contributed by atoms with Crippen molar-refractivity contribution < 1.29 is 8.42 Å². The first kappa shape index (κ1) is 9.98. The summed E-state index contributed by atoms with van der Waals surface area (Å²) in [7, 11) is -1.59. The van der Waals surface area contributed by atoms with Crippen LogP contribution in [0.3, 0.4) is 0 Å². The van der Waals surface area contributed by atoms with Crippen LogP contribution in [0.1, 0.15) is 12.0 Å². The van der Waals surface area contributed by atoms with Crippen LogP contribution in [0.5, 0.6) is 0 Å². The van der Waals surface area contributed by atoms with E-state index in [1.165, 1.54) is 15.2 Å². The highest BCUT2D eigenvalue weighted by atomic mass is 32.2. The first-order chi connectivity index (χ1) is 7.04. The molecule has 0 saturated carbocycles. The molecule has 0 spiro atoms. The third-order valence-corrected chi connectivity index (χ3v) is 4.10. The monoisotopic (exact) mass is 226 g/mol. The van der Waals surface area contributed by atoms with E-state index in [2.05, 4.69) is 5.10 Å². The fourth-order valence-electron chi connectivity index (χ4n) is 1.62. The van der Waals surface area contributed by atoms with Gasteiger partial charge in [0.1, 0.15) is 11.6 Å². The topological polar surface area (TPSA) is 79.0 Å². The second-order valence-corrected chi connectivity index (χ2v) is 5.41. The van der Waals surface area contributed by atoms with Gasteiger partial charge in [-0.15, -0.1) is 0 Å². The van der Waals surface area contributed by atoms with Crippen molar-refractivity contribution >= 4 is 15.8 Å². The van der Waals surface area contributed by atoms with Crippen LogP contribution in [0.25, 0.3) is 0 Å². The Hall–Kier alpha value is -1.55. The van der Waals surface area contributed by atoms with E-state index in [0.29, 0.717) is 18.5 Å². The van der Waals surface area contributed by atoms with E-state index in [1.54, 1.807) is 7.05 Å². The van der Waals surface area contributed by atoms with Gasteiger partial charge in [0.25, 0.3) is 0 Å². The molecule has 1 aromatic heterocycles. The zero-order chi connectivity index (χ0) is 11.1. The van der Waals surface area contributed by atoms with E-state index in [-0.39, 0.29) is 11.6 Å². The molecule has 0 aliphatic carbocycles. The van der Waals surface area contributed by atoms with Crippen LogP contribution >= 0.6 is 0 Å². The van der Waals surface area contributed by atoms with Crippen LogP contribution in [0.15, 0.2) is 6.20 Å². The molecule has 2 heterocycles. The maximum Gasteiger partial charge on any atom is 0.236 e. The zero-order valence-corrected chi connectivity index (χ0v) is 9.03. The van der Waals surface area contributed by atoms with E-state index in [4.69, 9.17) is 5.26 Å². The van der Waals surface area contributed by atoms with Crippen molar-refractivity contribution in [3.63, 3.8) is 0 Å². The lowest BCUT2D eigenvalue weighted by molar-refractivity contribution is 0.599. The Balaban J connectivity index is 2.51. The molecule has 1 aliphatic rings. The zero-order valence-electron chi connectivity index (χ0n) is 8.21. The first-order valence-corrected chi connectivity index (χ1v) is 6.09. The minimum absolute atomic E-state index is 0.133. The summed E-state index contributed by atoms with van der Waals surface area (Å²) in [6.45, 7) is 0.411. The average molecular weight is 226 g/mol. The Morgan fingerprint density at radius 1 is 1.60 bits per heavy atom. The highest BCUT2D eigenvalue weighted by molar-refractivity contribution is 7.93. The number of sulfonamides is 1. The number of aromatic nitrogens is 2. The van der Waals surface area contributed by atoms with Gasteiger partial charge in [0.15, 0.2) is 5.82 Å². The summed E-state index contributed by atoms with van der Waals surface area (Å²) in [5, 5.41) is 12.8. The molecule has 0 N–H and O–H groups in total. The Morgan fingerprint density at radius 2 is 2.33 bits per heavy atom. The Labute approximate surface area is 87.8 Å². The SMILES string of the molecule is Cn1cc(C#N)c(N2CCCS2(=O)=O)n1. The molecule has 0 aromatic carbocycles. The van der Waals surface area contributed by atoms with E-state index >= 15 is 0 Å². The van der Waals surface area contributed by atoms with Crippen molar-refractivity contribution in [1.29, 1.82) is 5.26 Å². The van der Waals surface area contributed by atoms with Gasteiger partial charge >= 0.3 is 0 Å². The molecule has 6 nitrogen and oxygen atoms in total. The van der Waals surface area contributed by atoms with Gasteiger partial charge in [-0.05, 0) is 6.42 Å². The molecular weight excluding hydrogens is 216 g/mol. The summed E-state index contributed by atoms with van der Waals surface area (Å²) in [6, 6.07) is 1.94. The number of hydrogen-bond donors (Lipinski definition) is 0. The Bertz CT molecular complexity index is 525. The van der Waals surface area contributed by atoms with Crippen LogP contribution in [0, 0.1) is 11.3 Å². The number of hydrogen-bond acceptors (Lipinski definition) is 4. The largest absolute Gasteiger partial charge is 0.272 e. The van der Waals surface area contributed by atoms with E-state index in [9.17, 15) is 8.42 Å². The van der Waals surface area contributed by atoms with Gasteiger partial charge in [0.05, 0.1) is 5.75 Å². The highest BCUT2D eigenvalue weighted by Gasteiger charge is 2.32. The predicted octanol–water partition coefficient (Wildman–Crippen LogP) is -0.168. The summed E-state index contributed by atoms with van der Waals surface area (Å²) < 4.78 is 25.9. The molecule has 7 heteroatoms. The summed E-state index contributed by atoms with van der Waals surface area (Å²) in [4.78, 5) is 0. The number of rotatable bonds is 1. The molecule has 1 aromatic rings. The summed E-state index contributed by atoms with van der Waals surface area (Å²) in [5.41, 5.74) is 0.294. The van der Waals surface area contributed by atoms with Crippen molar-refractivity contribution in [1.82, 2.24) is 9.78 Å². The molecule has 2 rings (SSSR count). The third-order valence-electron chi connectivity index (χ3n) is 2.27. The molecule has 0 bridgehead atoms. The maximum absolute atomic E-state index is 11.6. The third kappa shape index (κ3) is 1.57. The van der Waals surface area contributed by atoms with Crippen LogP contribution in [0.2, 0.25) is 0 Å². The van der Waals surface area contributed by atoms with Crippen molar-refractivity contribution in [2.45, 2.75) is 6.42 Å². The lowest BCUT2D eigenvalue weighted by atomic mass is 10.3. The van der Waals surface area contributed by atoms with Crippen molar-refractivity contribution in [3.05, 3.63) is 11.8 Å². The molecule has 80 valence electrons. The summed E-state index contributed by atoms with van der Waals surface area (Å²) in [5.74, 6) is 0.381. The Kier molecular flexibility index (Phi) is 2.16. The normalized spacial score (nSPS) is 19.1. The minimum atomic E-state index is -3.25. The van der Waals surface area contributed by atoms with Crippen LogP contribution < -0.4 is 4.31 Å². The second kappa shape index (κ2) is 3.24. The fraction of sp³-hybridized carbons (Fsp3) is 0.500. The van der Waals surface area contributed by atoms with Gasteiger partial charge in [-0.3, -0.25) is 8.99 Å². The lowest BCUT2D eigenvalue weighted by Gasteiger charge is -2.13. The molecule has 1 saturated heterocycles. The van der Waals surface area contributed by atoms with Crippen molar-refractivity contribution in [2.24, 2.45) is 7.05 Å². The van der Waals surface area contributed by atoms with Crippen molar-refractivity contribution in [2.75, 3.05) is 16.6 Å². The molecule has 1 aliphatic heterocycles. The molecule has 15 heavy (non-hydrogen) atoms. The quantitative estimate of drug-likeness (QED) is 0.666. The fourth-order valence-corrected chi connectivity index (χ4v) is 3.14. The standard InChI is InChI=1S/C8H10N4O2S/c1-11-6-7(5-9)8(10-11)12-3-2-4-15(12,13)14/h6H,2-4H2,1H3. The number of nitrogens with zero attached hydrogens (tertiary/aromatic N) is 4. The van der Waals surface area contributed by atoms with Gasteiger partial charge in [0.2, 0.25) is 10.0 Å². The number of anilines is 1. The lowest BCUT2D eigenvalue weighted by Crippen LogP contribution is -2.26. The predicted molar refractivity (Wildman–Crippen MR) is 53.7 cm³/mol. The van der Waals surface area contributed by atoms with Crippen LogP contribution in [-0.4, -0.2) is 30.5 Å². The second-order valence-electron chi connectivity index (χ2n) is 3.39. The van der Waals surface area contributed by atoms with Crippen LogP contribution in [-0.2, 0) is 17.1 Å². The number of nitriles is 1. The van der Waals surface area contributed by atoms with Gasteiger partial charge < -0.3 is 0 Å². The van der Waals surface area contributed by atoms with E-state index in [0.717, 1.165) is 0 Å². The summed E-state index contributed by atoms with van der Waals surface area (Å²) in [6.07, 6.45) is 2.10. The molecular formula is C8H10N4O2S. The Morgan fingerprint density at radius 3 is 2.87 bits per heavy atom. The van der Waals surface area contributed by atoms with Gasteiger partial charge in [-0.25, -0.2) is 8.42 Å². The average Bonchev–Trinajstić information content (AvgIpc) is 2.68. The van der Waals surface area contributed by atoms with E-state index in [1.807, 2.05) is 6.07 Å². The first-order valence-electron chi connectivity index (χ1n) is 4.49. The maximum atomic E-state index is 11.6.